The Kier molecular flexibility index (Phi) is 5.17. The number of hydrogen-bond acceptors (Lipinski definition) is 4. The monoisotopic (exact) mass is 467 g/mol. The SMILES string of the molecule is Cc1[nH]c2ccccc2c1[C@@H]1c2ccccc2C(=O)N1CCC(=O)NCc1ccc2c(c1)OCO2. The van der Waals surface area contributed by atoms with Crippen LogP contribution in [-0.2, 0) is 11.3 Å². The van der Waals surface area contributed by atoms with E-state index in [0.717, 1.165) is 33.3 Å². The summed E-state index contributed by atoms with van der Waals surface area (Å²) in [6.07, 6.45) is 0.210. The summed E-state index contributed by atoms with van der Waals surface area (Å²) in [7, 11) is 0. The van der Waals surface area contributed by atoms with Crippen LogP contribution in [0.15, 0.2) is 66.7 Å². The average molecular weight is 468 g/mol. The van der Waals surface area contributed by atoms with Crippen LogP contribution in [0.4, 0.5) is 0 Å². The Morgan fingerprint density at radius 1 is 1.06 bits per heavy atom. The van der Waals surface area contributed by atoms with E-state index in [1.807, 2.05) is 72.5 Å². The first kappa shape index (κ1) is 21.3. The lowest BCUT2D eigenvalue weighted by molar-refractivity contribution is -0.121. The third-order valence-electron chi connectivity index (χ3n) is 6.78. The van der Waals surface area contributed by atoms with Crippen LogP contribution in [0.25, 0.3) is 10.9 Å². The second kappa shape index (κ2) is 8.51. The number of H-pyrrole nitrogens is 1. The van der Waals surface area contributed by atoms with E-state index >= 15 is 0 Å². The predicted octanol–water partition coefficient (Wildman–Crippen LogP) is 4.46. The van der Waals surface area contributed by atoms with Crippen molar-refractivity contribution in [2.24, 2.45) is 0 Å². The fourth-order valence-corrected chi connectivity index (χ4v) is 5.12. The van der Waals surface area contributed by atoms with Gasteiger partial charge in [-0.1, -0.05) is 42.5 Å². The molecule has 0 radical (unpaired) electrons. The number of carbonyl (C=O) groups excluding carboxylic acids is 2. The lowest BCUT2D eigenvalue weighted by Crippen LogP contribution is -2.34. The molecule has 3 aromatic carbocycles. The molecule has 0 bridgehead atoms. The van der Waals surface area contributed by atoms with Crippen LogP contribution in [0.1, 0.15) is 45.2 Å². The van der Waals surface area contributed by atoms with Crippen molar-refractivity contribution in [2.45, 2.75) is 25.9 Å². The Labute approximate surface area is 202 Å². The van der Waals surface area contributed by atoms with Crippen LogP contribution in [0.5, 0.6) is 11.5 Å². The van der Waals surface area contributed by atoms with Gasteiger partial charge in [0.15, 0.2) is 11.5 Å². The van der Waals surface area contributed by atoms with E-state index in [0.29, 0.717) is 30.2 Å². The molecule has 2 aliphatic heterocycles. The van der Waals surface area contributed by atoms with E-state index in [-0.39, 0.29) is 31.1 Å². The lowest BCUT2D eigenvalue weighted by atomic mass is 9.95. The van der Waals surface area contributed by atoms with Crippen LogP contribution in [-0.4, -0.2) is 35.0 Å². The third-order valence-corrected chi connectivity index (χ3v) is 6.78. The van der Waals surface area contributed by atoms with Gasteiger partial charge >= 0.3 is 0 Å². The molecule has 2 amide bonds. The number of aromatic nitrogens is 1. The van der Waals surface area contributed by atoms with E-state index < -0.39 is 0 Å². The van der Waals surface area contributed by atoms with Gasteiger partial charge in [-0.3, -0.25) is 9.59 Å². The summed E-state index contributed by atoms with van der Waals surface area (Å²) in [4.78, 5) is 31.4. The molecule has 6 rings (SSSR count). The molecule has 1 atom stereocenters. The van der Waals surface area contributed by atoms with Gasteiger partial charge in [0, 0.05) is 47.2 Å². The number of ether oxygens (including phenoxy) is 2. The summed E-state index contributed by atoms with van der Waals surface area (Å²) >= 11 is 0. The summed E-state index contributed by atoms with van der Waals surface area (Å²) in [5.41, 5.74) is 5.75. The van der Waals surface area contributed by atoms with Gasteiger partial charge in [-0.2, -0.15) is 0 Å². The molecular weight excluding hydrogens is 442 g/mol. The number of para-hydroxylation sites is 1. The number of carbonyl (C=O) groups is 2. The van der Waals surface area contributed by atoms with E-state index in [2.05, 4.69) is 16.4 Å². The van der Waals surface area contributed by atoms with Crippen LogP contribution >= 0.6 is 0 Å². The van der Waals surface area contributed by atoms with E-state index in [1.165, 1.54) is 0 Å². The number of amides is 2. The topological polar surface area (TPSA) is 83.7 Å². The van der Waals surface area contributed by atoms with Crippen LogP contribution < -0.4 is 14.8 Å². The predicted molar refractivity (Wildman–Crippen MR) is 131 cm³/mol. The Morgan fingerprint density at radius 2 is 1.86 bits per heavy atom. The molecule has 4 aromatic rings. The zero-order valence-corrected chi connectivity index (χ0v) is 19.3. The van der Waals surface area contributed by atoms with Crippen molar-refractivity contribution in [3.63, 3.8) is 0 Å². The quantitative estimate of drug-likeness (QED) is 0.439. The first-order valence-electron chi connectivity index (χ1n) is 11.7. The van der Waals surface area contributed by atoms with Crippen molar-refractivity contribution in [1.82, 2.24) is 15.2 Å². The zero-order valence-electron chi connectivity index (χ0n) is 19.3. The Morgan fingerprint density at radius 3 is 2.77 bits per heavy atom. The molecule has 7 heteroatoms. The minimum Gasteiger partial charge on any atom is -0.454 e. The Hall–Kier alpha value is -4.26. The van der Waals surface area contributed by atoms with Gasteiger partial charge < -0.3 is 24.7 Å². The maximum atomic E-state index is 13.4. The number of fused-ring (bicyclic) bond motifs is 3. The van der Waals surface area contributed by atoms with Crippen molar-refractivity contribution in [1.29, 1.82) is 0 Å². The maximum absolute atomic E-state index is 13.4. The van der Waals surface area contributed by atoms with Crippen molar-refractivity contribution in [3.8, 4) is 11.5 Å². The number of rotatable bonds is 6. The van der Waals surface area contributed by atoms with E-state index in [4.69, 9.17) is 9.47 Å². The zero-order chi connectivity index (χ0) is 23.9. The summed E-state index contributed by atoms with van der Waals surface area (Å²) in [5.74, 6) is 1.25. The van der Waals surface area contributed by atoms with Crippen molar-refractivity contribution in [3.05, 3.63) is 94.7 Å². The molecule has 2 N–H and O–H groups in total. The highest BCUT2D eigenvalue weighted by Crippen LogP contribution is 2.42. The molecule has 0 unspecified atom stereocenters. The standard InChI is InChI=1S/C28H25N3O4/c1-17-26(21-8-4-5-9-22(21)30-17)27-19-6-2-3-7-20(19)28(33)31(27)13-12-25(32)29-15-18-10-11-23-24(14-18)35-16-34-23/h2-11,14,27,30H,12-13,15-16H2,1H3,(H,29,32)/t27-/m0/s1. The smallest absolute Gasteiger partial charge is 0.255 e. The molecule has 2 aliphatic rings. The van der Waals surface area contributed by atoms with Gasteiger partial charge in [0.1, 0.15) is 0 Å². The lowest BCUT2D eigenvalue weighted by Gasteiger charge is -2.26. The first-order chi connectivity index (χ1) is 17.1. The number of aryl methyl sites for hydroxylation is 1. The van der Waals surface area contributed by atoms with Crippen molar-refractivity contribution < 1.29 is 19.1 Å². The minimum atomic E-state index is -0.239. The second-order valence-corrected chi connectivity index (χ2v) is 8.91. The van der Waals surface area contributed by atoms with Gasteiger partial charge in [0.05, 0.1) is 6.04 Å². The van der Waals surface area contributed by atoms with Gasteiger partial charge in [0.2, 0.25) is 12.7 Å². The second-order valence-electron chi connectivity index (χ2n) is 8.91. The number of nitrogens with one attached hydrogen (secondary N) is 2. The molecule has 1 aromatic heterocycles. The molecule has 0 fully saturated rings. The normalized spacial score (nSPS) is 16.1. The summed E-state index contributed by atoms with van der Waals surface area (Å²) in [6.45, 7) is 2.96. The van der Waals surface area contributed by atoms with Gasteiger partial charge in [-0.25, -0.2) is 0 Å². The molecule has 0 saturated carbocycles. The first-order valence-corrected chi connectivity index (χ1v) is 11.7. The molecule has 0 spiro atoms. The van der Waals surface area contributed by atoms with Crippen LogP contribution in [0.3, 0.4) is 0 Å². The van der Waals surface area contributed by atoms with Crippen molar-refractivity contribution >= 4 is 22.7 Å². The largest absolute Gasteiger partial charge is 0.454 e. The molecule has 0 saturated heterocycles. The molecule has 35 heavy (non-hydrogen) atoms. The maximum Gasteiger partial charge on any atom is 0.255 e. The highest BCUT2D eigenvalue weighted by atomic mass is 16.7. The van der Waals surface area contributed by atoms with Crippen LogP contribution in [0.2, 0.25) is 0 Å². The van der Waals surface area contributed by atoms with Gasteiger partial charge in [0.25, 0.3) is 5.91 Å². The van der Waals surface area contributed by atoms with Gasteiger partial charge in [-0.05, 0) is 42.3 Å². The fourth-order valence-electron chi connectivity index (χ4n) is 5.12. The minimum absolute atomic E-state index is 0.0427. The number of benzene rings is 3. The third kappa shape index (κ3) is 3.69. The number of aromatic amines is 1. The summed E-state index contributed by atoms with van der Waals surface area (Å²) < 4.78 is 10.7. The number of nitrogens with zero attached hydrogens (tertiary/aromatic N) is 1. The highest BCUT2D eigenvalue weighted by molar-refractivity contribution is 6.01. The Balaban J connectivity index is 1.22. The molecular formula is C28H25N3O4. The molecule has 7 nitrogen and oxygen atoms in total. The highest BCUT2D eigenvalue weighted by Gasteiger charge is 2.39. The average Bonchev–Trinajstić information content (AvgIpc) is 3.55. The molecule has 176 valence electrons. The van der Waals surface area contributed by atoms with Crippen LogP contribution in [0, 0.1) is 6.92 Å². The molecule has 0 aliphatic carbocycles. The van der Waals surface area contributed by atoms with E-state index in [1.54, 1.807) is 0 Å². The summed E-state index contributed by atoms with van der Waals surface area (Å²) in [6, 6.07) is 21.2. The van der Waals surface area contributed by atoms with Crippen molar-refractivity contribution in [2.75, 3.05) is 13.3 Å². The Bertz CT molecular complexity index is 1460. The van der Waals surface area contributed by atoms with Gasteiger partial charge in [-0.15, -0.1) is 0 Å². The number of hydrogen-bond donors (Lipinski definition) is 2. The molecule has 3 heterocycles. The summed E-state index contributed by atoms with van der Waals surface area (Å²) in [5, 5.41) is 4.06. The van der Waals surface area contributed by atoms with E-state index in [9.17, 15) is 9.59 Å². The fraction of sp³-hybridized carbons (Fsp3) is 0.214.